The first-order valence-corrected chi connectivity index (χ1v) is 7.39. The van der Waals surface area contributed by atoms with Gasteiger partial charge in [-0.3, -0.25) is 9.59 Å². The Kier molecular flexibility index (Phi) is 6.84. The molecule has 1 aliphatic heterocycles. The highest BCUT2D eigenvalue weighted by Gasteiger charge is 2.24. The van der Waals surface area contributed by atoms with E-state index in [0.29, 0.717) is 12.8 Å². The number of hydrogen-bond acceptors (Lipinski definition) is 3. The van der Waals surface area contributed by atoms with E-state index >= 15 is 0 Å². The highest BCUT2D eigenvalue weighted by atomic mass is 16.2. The third-order valence-corrected chi connectivity index (χ3v) is 3.63. The lowest BCUT2D eigenvalue weighted by atomic mass is 10.0. The molecule has 5 heteroatoms. The molecule has 0 bridgehead atoms. The number of nitrogens with two attached hydrogens (primary N) is 1. The molecule has 0 aromatic carbocycles. The van der Waals surface area contributed by atoms with E-state index < -0.39 is 0 Å². The van der Waals surface area contributed by atoms with Gasteiger partial charge in [-0.1, -0.05) is 20.3 Å². The van der Waals surface area contributed by atoms with Crippen LogP contribution >= 0.6 is 0 Å². The van der Waals surface area contributed by atoms with Crippen molar-refractivity contribution in [2.45, 2.75) is 64.5 Å². The Bertz CT molecular complexity index is 299. The maximum atomic E-state index is 12.0. The maximum Gasteiger partial charge on any atom is 0.224 e. The molecule has 3 N–H and O–H groups in total. The van der Waals surface area contributed by atoms with Crippen molar-refractivity contribution in [3.8, 4) is 0 Å². The van der Waals surface area contributed by atoms with E-state index in [1.807, 2.05) is 11.8 Å². The number of nitrogens with one attached hydrogen (secondary N) is 1. The molecular formula is C14H27N3O2. The van der Waals surface area contributed by atoms with Gasteiger partial charge in [-0.15, -0.1) is 0 Å². The molecule has 1 rings (SSSR count). The molecule has 1 unspecified atom stereocenters. The zero-order valence-electron chi connectivity index (χ0n) is 12.2. The molecule has 1 atom stereocenters. The third kappa shape index (κ3) is 5.59. The summed E-state index contributed by atoms with van der Waals surface area (Å²) >= 11 is 0. The summed E-state index contributed by atoms with van der Waals surface area (Å²) in [6.07, 6.45) is 4.57. The number of likely N-dealkylation sites (tertiary alicyclic amines) is 1. The fraction of sp³-hybridized carbons (Fsp3) is 0.857. The van der Waals surface area contributed by atoms with Gasteiger partial charge in [0.05, 0.1) is 0 Å². The normalized spacial score (nSPS) is 18.2. The Morgan fingerprint density at radius 1 is 1.32 bits per heavy atom. The van der Waals surface area contributed by atoms with Crippen LogP contribution in [0.2, 0.25) is 0 Å². The molecule has 0 saturated carbocycles. The SMILES string of the molecule is CCCC(N)CC(=O)N1CCC(NC(=O)CC)CC1. The van der Waals surface area contributed by atoms with Gasteiger partial charge in [0.25, 0.3) is 0 Å². The number of hydrogen-bond donors (Lipinski definition) is 2. The van der Waals surface area contributed by atoms with E-state index in [-0.39, 0.29) is 23.9 Å². The second-order valence-corrected chi connectivity index (χ2v) is 5.33. The van der Waals surface area contributed by atoms with Crippen LogP contribution in [0.4, 0.5) is 0 Å². The average Bonchev–Trinajstić information content (AvgIpc) is 2.39. The van der Waals surface area contributed by atoms with Crippen molar-refractivity contribution in [3.05, 3.63) is 0 Å². The number of piperidine rings is 1. The topological polar surface area (TPSA) is 75.4 Å². The smallest absolute Gasteiger partial charge is 0.224 e. The minimum absolute atomic E-state index is 0.0185. The minimum Gasteiger partial charge on any atom is -0.353 e. The average molecular weight is 269 g/mol. The molecule has 0 aromatic heterocycles. The largest absolute Gasteiger partial charge is 0.353 e. The van der Waals surface area contributed by atoms with Crippen LogP contribution in [-0.2, 0) is 9.59 Å². The highest BCUT2D eigenvalue weighted by molar-refractivity contribution is 5.77. The first kappa shape index (κ1) is 16.0. The fourth-order valence-corrected chi connectivity index (χ4v) is 2.43. The van der Waals surface area contributed by atoms with E-state index in [4.69, 9.17) is 5.73 Å². The van der Waals surface area contributed by atoms with Crippen LogP contribution in [-0.4, -0.2) is 41.9 Å². The molecule has 1 aliphatic rings. The van der Waals surface area contributed by atoms with Crippen LogP contribution in [0.1, 0.15) is 52.4 Å². The number of nitrogens with zero attached hydrogens (tertiary/aromatic N) is 1. The van der Waals surface area contributed by atoms with Crippen molar-refractivity contribution in [2.75, 3.05) is 13.1 Å². The van der Waals surface area contributed by atoms with E-state index in [0.717, 1.165) is 38.8 Å². The summed E-state index contributed by atoms with van der Waals surface area (Å²) in [6, 6.07) is 0.204. The van der Waals surface area contributed by atoms with E-state index in [1.165, 1.54) is 0 Å². The van der Waals surface area contributed by atoms with Gasteiger partial charge in [0, 0.05) is 38.0 Å². The highest BCUT2D eigenvalue weighted by Crippen LogP contribution is 2.13. The third-order valence-electron chi connectivity index (χ3n) is 3.63. The van der Waals surface area contributed by atoms with Gasteiger partial charge in [0.15, 0.2) is 0 Å². The van der Waals surface area contributed by atoms with Gasteiger partial charge in [0.2, 0.25) is 11.8 Å². The van der Waals surface area contributed by atoms with Crippen molar-refractivity contribution in [3.63, 3.8) is 0 Å². The van der Waals surface area contributed by atoms with E-state index in [1.54, 1.807) is 0 Å². The first-order chi connectivity index (χ1) is 9.06. The van der Waals surface area contributed by atoms with E-state index in [9.17, 15) is 9.59 Å². The van der Waals surface area contributed by atoms with Gasteiger partial charge in [-0.05, 0) is 19.3 Å². The quantitative estimate of drug-likeness (QED) is 0.756. The van der Waals surface area contributed by atoms with Gasteiger partial charge in [-0.2, -0.15) is 0 Å². The van der Waals surface area contributed by atoms with Crippen molar-refractivity contribution in [1.29, 1.82) is 0 Å². The second-order valence-electron chi connectivity index (χ2n) is 5.33. The Balaban J connectivity index is 2.29. The molecular weight excluding hydrogens is 242 g/mol. The molecule has 0 aliphatic carbocycles. The lowest BCUT2D eigenvalue weighted by molar-refractivity contribution is -0.132. The molecule has 1 heterocycles. The van der Waals surface area contributed by atoms with Crippen molar-refractivity contribution < 1.29 is 9.59 Å². The van der Waals surface area contributed by atoms with Crippen LogP contribution in [0.5, 0.6) is 0 Å². The second kappa shape index (κ2) is 8.15. The zero-order chi connectivity index (χ0) is 14.3. The van der Waals surface area contributed by atoms with Crippen LogP contribution < -0.4 is 11.1 Å². The summed E-state index contributed by atoms with van der Waals surface area (Å²) in [5.41, 5.74) is 5.90. The lowest BCUT2D eigenvalue weighted by Crippen LogP contribution is -2.47. The Morgan fingerprint density at radius 3 is 2.47 bits per heavy atom. The monoisotopic (exact) mass is 269 g/mol. The summed E-state index contributed by atoms with van der Waals surface area (Å²) in [6.45, 7) is 5.38. The Labute approximate surface area is 115 Å². The molecule has 0 spiro atoms. The molecule has 5 nitrogen and oxygen atoms in total. The van der Waals surface area contributed by atoms with Gasteiger partial charge in [0.1, 0.15) is 0 Å². The molecule has 1 saturated heterocycles. The molecule has 19 heavy (non-hydrogen) atoms. The Hall–Kier alpha value is -1.10. The van der Waals surface area contributed by atoms with Crippen molar-refractivity contribution in [1.82, 2.24) is 10.2 Å². The summed E-state index contributed by atoms with van der Waals surface area (Å²) in [4.78, 5) is 25.2. The van der Waals surface area contributed by atoms with Gasteiger partial charge < -0.3 is 16.0 Å². The summed E-state index contributed by atoms with van der Waals surface area (Å²) in [5.74, 6) is 0.246. The predicted octanol–water partition coefficient (Wildman–Crippen LogP) is 1.02. The number of carbonyl (C=O) groups excluding carboxylic acids is 2. The molecule has 2 amide bonds. The minimum atomic E-state index is -0.0185. The fourth-order valence-electron chi connectivity index (χ4n) is 2.43. The lowest BCUT2D eigenvalue weighted by Gasteiger charge is -2.33. The number of carbonyl (C=O) groups is 2. The predicted molar refractivity (Wildman–Crippen MR) is 75.5 cm³/mol. The molecule has 0 radical (unpaired) electrons. The van der Waals surface area contributed by atoms with Crippen LogP contribution in [0.25, 0.3) is 0 Å². The van der Waals surface area contributed by atoms with Gasteiger partial charge in [-0.25, -0.2) is 0 Å². The number of amides is 2. The Morgan fingerprint density at radius 2 is 1.95 bits per heavy atom. The van der Waals surface area contributed by atoms with Crippen LogP contribution in [0.15, 0.2) is 0 Å². The summed E-state index contributed by atoms with van der Waals surface area (Å²) < 4.78 is 0. The van der Waals surface area contributed by atoms with Crippen molar-refractivity contribution >= 4 is 11.8 Å². The summed E-state index contributed by atoms with van der Waals surface area (Å²) in [7, 11) is 0. The zero-order valence-corrected chi connectivity index (χ0v) is 12.2. The molecule has 110 valence electrons. The number of rotatable bonds is 6. The molecule has 0 aromatic rings. The van der Waals surface area contributed by atoms with Gasteiger partial charge >= 0.3 is 0 Å². The molecule has 1 fully saturated rings. The first-order valence-electron chi connectivity index (χ1n) is 7.39. The summed E-state index contributed by atoms with van der Waals surface area (Å²) in [5, 5.41) is 2.99. The van der Waals surface area contributed by atoms with Crippen molar-refractivity contribution in [2.24, 2.45) is 5.73 Å². The van der Waals surface area contributed by atoms with Crippen LogP contribution in [0.3, 0.4) is 0 Å². The van der Waals surface area contributed by atoms with Crippen LogP contribution in [0, 0.1) is 0 Å². The van der Waals surface area contributed by atoms with E-state index in [2.05, 4.69) is 12.2 Å². The standard InChI is InChI=1S/C14H27N3O2/c1-3-5-11(15)10-14(19)17-8-6-12(7-9-17)16-13(18)4-2/h11-12H,3-10,15H2,1-2H3,(H,16,18). The maximum absolute atomic E-state index is 12.0.